The summed E-state index contributed by atoms with van der Waals surface area (Å²) in [5.41, 5.74) is 7.00. The Morgan fingerprint density at radius 1 is 1.12 bits per heavy atom. The molecule has 0 bridgehead atoms. The molecule has 0 aliphatic carbocycles. The van der Waals surface area contributed by atoms with Crippen LogP contribution in [0.1, 0.15) is 26.3 Å². The number of thioether (sulfide) groups is 1. The zero-order chi connectivity index (χ0) is 12.0. The van der Waals surface area contributed by atoms with Gasteiger partial charge >= 0.3 is 0 Å². The average molecular weight is 235 g/mol. The third kappa shape index (κ3) is 4.42. The highest BCUT2D eigenvalue weighted by atomic mass is 32.2. The van der Waals surface area contributed by atoms with Gasteiger partial charge in [0, 0.05) is 17.2 Å². The van der Waals surface area contributed by atoms with Crippen LogP contribution in [0.3, 0.4) is 0 Å². The molecule has 1 nitrogen and oxygen atoms in total. The third-order valence-electron chi connectivity index (χ3n) is 2.37. The minimum Gasteiger partial charge on any atom is -0.327 e. The van der Waals surface area contributed by atoms with Crippen LogP contribution in [0.2, 0.25) is 0 Å². The molecule has 0 radical (unpaired) electrons. The lowest BCUT2D eigenvalue weighted by molar-refractivity contribution is 0.590. The highest BCUT2D eigenvalue weighted by Gasteiger charge is 2.12. The lowest BCUT2D eigenvalue weighted by Crippen LogP contribution is -2.10. The van der Waals surface area contributed by atoms with Crippen molar-refractivity contribution in [1.82, 2.24) is 0 Å². The summed E-state index contributed by atoms with van der Waals surface area (Å²) in [4.78, 5) is 1.31. The van der Waals surface area contributed by atoms with E-state index in [2.05, 4.69) is 51.1 Å². The van der Waals surface area contributed by atoms with Gasteiger partial charge in [-0.2, -0.15) is 0 Å². The van der Waals surface area contributed by atoms with E-state index in [1.165, 1.54) is 10.5 Å². The van der Waals surface area contributed by atoms with Gasteiger partial charge in [0.15, 0.2) is 0 Å². The van der Waals surface area contributed by atoms with Gasteiger partial charge in [-0.15, -0.1) is 11.8 Å². The first kappa shape index (κ1) is 13.3. The largest absolute Gasteiger partial charge is 0.327 e. The van der Waals surface area contributed by atoms with E-state index in [1.54, 1.807) is 0 Å². The summed E-state index contributed by atoms with van der Waals surface area (Å²) in [6, 6.07) is 8.83. The standard InChI is InChI=1S/C14H21NS/c1-14(2,3)12-6-8-13(9-7-12)16-11-5-4-10-15/h4-9H,10-11,15H2,1-3H3. The SMILES string of the molecule is CC(C)(C)c1ccc(SCC=CCN)cc1. The summed E-state index contributed by atoms with van der Waals surface area (Å²) in [6.07, 6.45) is 4.11. The van der Waals surface area contributed by atoms with Gasteiger partial charge in [-0.1, -0.05) is 45.1 Å². The van der Waals surface area contributed by atoms with Crippen molar-refractivity contribution in [3.8, 4) is 0 Å². The van der Waals surface area contributed by atoms with Crippen LogP contribution in [0.4, 0.5) is 0 Å². The fraction of sp³-hybridized carbons (Fsp3) is 0.429. The van der Waals surface area contributed by atoms with Crippen molar-refractivity contribution in [1.29, 1.82) is 0 Å². The van der Waals surface area contributed by atoms with Crippen LogP contribution in [0.15, 0.2) is 41.3 Å². The minimum atomic E-state index is 0.239. The maximum atomic E-state index is 5.38. The van der Waals surface area contributed by atoms with Crippen LogP contribution in [0, 0.1) is 0 Å². The van der Waals surface area contributed by atoms with Crippen molar-refractivity contribution in [3.63, 3.8) is 0 Å². The summed E-state index contributed by atoms with van der Waals surface area (Å²) >= 11 is 1.84. The quantitative estimate of drug-likeness (QED) is 0.637. The first-order valence-electron chi connectivity index (χ1n) is 5.62. The molecule has 0 fully saturated rings. The van der Waals surface area contributed by atoms with Crippen LogP contribution in [0.25, 0.3) is 0 Å². The molecule has 0 aliphatic heterocycles. The first-order chi connectivity index (χ1) is 7.54. The summed E-state index contributed by atoms with van der Waals surface area (Å²) in [5.74, 6) is 0.992. The molecular weight excluding hydrogens is 214 g/mol. The van der Waals surface area contributed by atoms with Crippen molar-refractivity contribution in [2.24, 2.45) is 5.73 Å². The van der Waals surface area contributed by atoms with E-state index in [4.69, 9.17) is 5.73 Å². The van der Waals surface area contributed by atoms with Gasteiger partial charge in [0.1, 0.15) is 0 Å². The summed E-state index contributed by atoms with van der Waals surface area (Å²) < 4.78 is 0. The minimum absolute atomic E-state index is 0.239. The van der Waals surface area contributed by atoms with Crippen LogP contribution >= 0.6 is 11.8 Å². The van der Waals surface area contributed by atoms with Crippen molar-refractivity contribution >= 4 is 11.8 Å². The molecule has 88 valence electrons. The molecule has 16 heavy (non-hydrogen) atoms. The Hall–Kier alpha value is -0.730. The number of rotatable bonds is 4. The molecule has 0 unspecified atom stereocenters. The number of hydrogen-bond donors (Lipinski definition) is 1. The van der Waals surface area contributed by atoms with Crippen LogP contribution in [0.5, 0.6) is 0 Å². The van der Waals surface area contributed by atoms with Crippen LogP contribution in [-0.4, -0.2) is 12.3 Å². The fourth-order valence-electron chi connectivity index (χ4n) is 1.36. The van der Waals surface area contributed by atoms with E-state index in [1.807, 2.05) is 17.8 Å². The van der Waals surface area contributed by atoms with E-state index in [9.17, 15) is 0 Å². The third-order valence-corrected chi connectivity index (χ3v) is 3.33. The molecule has 0 aromatic heterocycles. The Balaban J connectivity index is 2.55. The molecule has 0 amide bonds. The Labute approximate surface area is 103 Å². The lowest BCUT2D eigenvalue weighted by atomic mass is 9.87. The Bertz CT molecular complexity index is 333. The summed E-state index contributed by atoms with van der Waals surface area (Å²) in [7, 11) is 0. The van der Waals surface area contributed by atoms with Gasteiger partial charge in [-0.25, -0.2) is 0 Å². The van der Waals surface area contributed by atoms with Gasteiger partial charge in [-0.05, 0) is 23.1 Å². The lowest BCUT2D eigenvalue weighted by Gasteiger charge is -2.18. The molecule has 2 heteroatoms. The molecule has 0 spiro atoms. The fourth-order valence-corrected chi connectivity index (χ4v) is 2.11. The van der Waals surface area contributed by atoms with Crippen molar-refractivity contribution < 1.29 is 0 Å². The molecule has 0 aliphatic rings. The van der Waals surface area contributed by atoms with E-state index in [0.29, 0.717) is 6.54 Å². The van der Waals surface area contributed by atoms with Crippen LogP contribution < -0.4 is 5.73 Å². The number of hydrogen-bond acceptors (Lipinski definition) is 2. The summed E-state index contributed by atoms with van der Waals surface area (Å²) in [6.45, 7) is 7.33. The molecule has 1 aromatic rings. The van der Waals surface area contributed by atoms with Crippen molar-refractivity contribution in [2.45, 2.75) is 31.1 Å². The van der Waals surface area contributed by atoms with E-state index in [-0.39, 0.29) is 5.41 Å². The Morgan fingerprint density at radius 3 is 2.25 bits per heavy atom. The molecule has 0 atom stereocenters. The second kappa shape index (κ2) is 6.12. The predicted octanol–water partition coefficient (Wildman–Crippen LogP) is 3.59. The van der Waals surface area contributed by atoms with E-state index < -0.39 is 0 Å². The molecule has 0 saturated heterocycles. The highest BCUT2D eigenvalue weighted by molar-refractivity contribution is 7.99. The van der Waals surface area contributed by atoms with Gasteiger partial charge in [0.05, 0.1) is 0 Å². The zero-order valence-electron chi connectivity index (χ0n) is 10.4. The normalized spacial score (nSPS) is 12.2. The summed E-state index contributed by atoms with van der Waals surface area (Å²) in [5, 5.41) is 0. The number of nitrogens with two attached hydrogens (primary N) is 1. The highest BCUT2D eigenvalue weighted by Crippen LogP contribution is 2.25. The van der Waals surface area contributed by atoms with E-state index in [0.717, 1.165) is 5.75 Å². The Kier molecular flexibility index (Phi) is 5.10. The van der Waals surface area contributed by atoms with Gasteiger partial charge in [0.25, 0.3) is 0 Å². The molecule has 0 heterocycles. The van der Waals surface area contributed by atoms with Crippen molar-refractivity contribution in [3.05, 3.63) is 42.0 Å². The second-order valence-corrected chi connectivity index (χ2v) is 5.89. The number of benzene rings is 1. The molecular formula is C14H21NS. The monoisotopic (exact) mass is 235 g/mol. The van der Waals surface area contributed by atoms with Gasteiger partial charge in [-0.3, -0.25) is 0 Å². The average Bonchev–Trinajstić information content (AvgIpc) is 2.24. The van der Waals surface area contributed by atoms with Crippen molar-refractivity contribution in [2.75, 3.05) is 12.3 Å². The smallest absolute Gasteiger partial charge is 0.0161 e. The predicted molar refractivity (Wildman–Crippen MR) is 74.1 cm³/mol. The maximum Gasteiger partial charge on any atom is 0.0161 e. The Morgan fingerprint density at radius 2 is 1.75 bits per heavy atom. The zero-order valence-corrected chi connectivity index (χ0v) is 11.2. The van der Waals surface area contributed by atoms with Gasteiger partial charge in [0.2, 0.25) is 0 Å². The maximum absolute atomic E-state index is 5.38. The molecule has 2 N–H and O–H groups in total. The second-order valence-electron chi connectivity index (χ2n) is 4.79. The molecule has 1 rings (SSSR count). The molecule has 0 saturated carbocycles. The first-order valence-corrected chi connectivity index (χ1v) is 6.61. The van der Waals surface area contributed by atoms with Crippen LogP contribution in [-0.2, 0) is 5.41 Å². The molecule has 1 aromatic carbocycles. The van der Waals surface area contributed by atoms with Gasteiger partial charge < -0.3 is 5.73 Å². The van der Waals surface area contributed by atoms with E-state index >= 15 is 0 Å². The topological polar surface area (TPSA) is 26.0 Å².